The molecule has 2 N–H and O–H groups in total. The van der Waals surface area contributed by atoms with Gasteiger partial charge in [0.15, 0.2) is 0 Å². The fraction of sp³-hybridized carbons (Fsp3) is 0. The van der Waals surface area contributed by atoms with Gasteiger partial charge in [0.05, 0.1) is 21.9 Å². The van der Waals surface area contributed by atoms with E-state index < -0.39 is 5.82 Å². The van der Waals surface area contributed by atoms with Gasteiger partial charge in [-0.15, -0.1) is 0 Å². The molecule has 1 aromatic heterocycles. The summed E-state index contributed by atoms with van der Waals surface area (Å²) in [6.45, 7) is 0. The van der Waals surface area contributed by atoms with Crippen LogP contribution in [0.15, 0.2) is 47.1 Å². The number of hydrogen-bond acceptors (Lipinski definition) is 2. The Balaban J connectivity index is 1.92. The van der Waals surface area contributed by atoms with Gasteiger partial charge in [0.1, 0.15) is 5.82 Å². The highest BCUT2D eigenvalue weighted by Gasteiger charge is 2.11. The van der Waals surface area contributed by atoms with Crippen LogP contribution in [0.25, 0.3) is 10.9 Å². The van der Waals surface area contributed by atoms with Crippen molar-refractivity contribution in [1.29, 1.82) is 0 Å². The van der Waals surface area contributed by atoms with Crippen LogP contribution in [-0.4, -0.2) is 16.1 Å². The van der Waals surface area contributed by atoms with Gasteiger partial charge in [-0.2, -0.15) is 5.10 Å². The molecule has 1 heterocycles. The molecule has 0 spiro atoms. The Morgan fingerprint density at radius 1 is 1.30 bits per heavy atom. The third-order valence-corrected chi connectivity index (χ3v) is 3.55. The highest BCUT2D eigenvalue weighted by molar-refractivity contribution is 9.10. The van der Waals surface area contributed by atoms with Crippen LogP contribution < -0.4 is 5.32 Å². The molecule has 20 heavy (non-hydrogen) atoms. The molecular weight excluding hydrogens is 325 g/mol. The maximum atomic E-state index is 13.4. The molecule has 0 saturated heterocycles. The van der Waals surface area contributed by atoms with Gasteiger partial charge < -0.3 is 5.32 Å². The Bertz CT molecular complexity index is 800. The van der Waals surface area contributed by atoms with E-state index in [0.29, 0.717) is 10.2 Å². The largest absolute Gasteiger partial charge is 0.320 e. The van der Waals surface area contributed by atoms with Crippen LogP contribution in [0.1, 0.15) is 10.4 Å². The minimum Gasteiger partial charge on any atom is -0.320 e. The van der Waals surface area contributed by atoms with Gasteiger partial charge in [0.25, 0.3) is 5.91 Å². The number of H-pyrrole nitrogens is 1. The zero-order valence-electron chi connectivity index (χ0n) is 10.2. The van der Waals surface area contributed by atoms with Crippen molar-refractivity contribution in [2.45, 2.75) is 0 Å². The minimum atomic E-state index is -0.475. The van der Waals surface area contributed by atoms with E-state index in [0.717, 1.165) is 10.9 Å². The van der Waals surface area contributed by atoms with Gasteiger partial charge in [-0.25, -0.2) is 4.39 Å². The number of rotatable bonds is 2. The first-order valence-corrected chi connectivity index (χ1v) is 6.63. The molecule has 0 bridgehead atoms. The average molecular weight is 334 g/mol. The summed E-state index contributed by atoms with van der Waals surface area (Å²) in [4.78, 5) is 12.1. The number of nitrogens with zero attached hydrogens (tertiary/aromatic N) is 1. The molecule has 0 aliphatic rings. The summed E-state index contributed by atoms with van der Waals surface area (Å²) in [7, 11) is 0. The first-order valence-electron chi connectivity index (χ1n) is 5.83. The number of para-hydroxylation sites is 1. The predicted molar refractivity (Wildman–Crippen MR) is 78.1 cm³/mol. The predicted octanol–water partition coefficient (Wildman–Crippen LogP) is 3.72. The second-order valence-electron chi connectivity index (χ2n) is 4.22. The summed E-state index contributed by atoms with van der Waals surface area (Å²) >= 11 is 3.05. The number of aromatic amines is 1. The zero-order chi connectivity index (χ0) is 14.1. The Hall–Kier alpha value is -2.21. The Labute approximate surface area is 122 Å². The van der Waals surface area contributed by atoms with E-state index in [4.69, 9.17) is 0 Å². The highest BCUT2D eigenvalue weighted by Crippen LogP contribution is 2.22. The monoisotopic (exact) mass is 333 g/mol. The lowest BCUT2D eigenvalue weighted by atomic mass is 10.2. The molecule has 0 aliphatic carbocycles. The van der Waals surface area contributed by atoms with Crippen LogP contribution >= 0.6 is 15.9 Å². The Kier molecular flexibility index (Phi) is 3.23. The van der Waals surface area contributed by atoms with E-state index >= 15 is 0 Å². The number of hydrogen-bond donors (Lipinski definition) is 2. The summed E-state index contributed by atoms with van der Waals surface area (Å²) in [6, 6.07) is 9.69. The maximum Gasteiger partial charge on any atom is 0.255 e. The van der Waals surface area contributed by atoms with Crippen LogP contribution in [0, 0.1) is 5.82 Å². The molecule has 100 valence electrons. The van der Waals surface area contributed by atoms with Crippen molar-refractivity contribution in [2.75, 3.05) is 5.32 Å². The van der Waals surface area contributed by atoms with Crippen molar-refractivity contribution < 1.29 is 9.18 Å². The van der Waals surface area contributed by atoms with E-state index in [1.165, 1.54) is 12.1 Å². The molecule has 2 aromatic carbocycles. The van der Waals surface area contributed by atoms with E-state index in [-0.39, 0.29) is 11.5 Å². The number of amides is 1. The van der Waals surface area contributed by atoms with Gasteiger partial charge >= 0.3 is 0 Å². The number of carbonyl (C=O) groups is 1. The first-order chi connectivity index (χ1) is 9.65. The number of carbonyl (C=O) groups excluding carboxylic acids is 1. The Morgan fingerprint density at radius 3 is 2.95 bits per heavy atom. The topological polar surface area (TPSA) is 57.8 Å². The summed E-state index contributed by atoms with van der Waals surface area (Å²) in [5.41, 5.74) is 1.59. The normalized spacial score (nSPS) is 10.7. The molecule has 0 atom stereocenters. The van der Waals surface area contributed by atoms with Crippen molar-refractivity contribution in [3.63, 3.8) is 0 Å². The number of aromatic nitrogens is 2. The molecular formula is C14H9BrFN3O. The standard InChI is InChI=1S/C14H9BrFN3O/c15-10-5-4-8(6-11(10)16)14(20)18-12-3-1-2-9-7-17-19-13(9)12/h1-7H,(H,17,19)(H,18,20). The molecule has 0 saturated carbocycles. The zero-order valence-corrected chi connectivity index (χ0v) is 11.7. The van der Waals surface area contributed by atoms with Crippen molar-refractivity contribution in [3.8, 4) is 0 Å². The quantitative estimate of drug-likeness (QED) is 0.750. The fourth-order valence-corrected chi connectivity index (χ4v) is 2.15. The van der Waals surface area contributed by atoms with Crippen molar-refractivity contribution >= 4 is 38.4 Å². The SMILES string of the molecule is O=C(Nc1cccc2cn[nH]c12)c1ccc(Br)c(F)c1. The highest BCUT2D eigenvalue weighted by atomic mass is 79.9. The summed E-state index contributed by atoms with van der Waals surface area (Å²) < 4.78 is 13.8. The van der Waals surface area contributed by atoms with Gasteiger partial charge in [-0.3, -0.25) is 9.89 Å². The summed E-state index contributed by atoms with van der Waals surface area (Å²) in [5, 5.41) is 10.4. The average Bonchev–Trinajstić information content (AvgIpc) is 2.91. The second-order valence-corrected chi connectivity index (χ2v) is 5.08. The number of nitrogens with one attached hydrogen (secondary N) is 2. The third-order valence-electron chi connectivity index (χ3n) is 2.91. The first kappa shape index (κ1) is 12.8. The molecule has 3 rings (SSSR count). The van der Waals surface area contributed by atoms with Crippen LogP contribution in [0.2, 0.25) is 0 Å². The lowest BCUT2D eigenvalue weighted by molar-refractivity contribution is 0.102. The van der Waals surface area contributed by atoms with Gasteiger partial charge in [0.2, 0.25) is 0 Å². The van der Waals surface area contributed by atoms with Gasteiger partial charge in [0, 0.05) is 10.9 Å². The van der Waals surface area contributed by atoms with Crippen LogP contribution in [-0.2, 0) is 0 Å². The molecule has 0 fully saturated rings. The third kappa shape index (κ3) is 2.30. The van der Waals surface area contributed by atoms with Crippen LogP contribution in [0.5, 0.6) is 0 Å². The smallest absolute Gasteiger partial charge is 0.255 e. The van der Waals surface area contributed by atoms with Crippen molar-refractivity contribution in [2.24, 2.45) is 0 Å². The fourth-order valence-electron chi connectivity index (χ4n) is 1.90. The molecule has 3 aromatic rings. The van der Waals surface area contributed by atoms with E-state index in [1.807, 2.05) is 12.1 Å². The Morgan fingerprint density at radius 2 is 2.15 bits per heavy atom. The molecule has 0 aliphatic heterocycles. The molecule has 1 amide bonds. The van der Waals surface area contributed by atoms with Gasteiger partial charge in [-0.1, -0.05) is 12.1 Å². The lowest BCUT2D eigenvalue weighted by Gasteiger charge is -2.06. The lowest BCUT2D eigenvalue weighted by Crippen LogP contribution is -2.12. The second kappa shape index (κ2) is 5.05. The van der Waals surface area contributed by atoms with Crippen LogP contribution in [0.3, 0.4) is 0 Å². The molecule has 0 unspecified atom stereocenters. The minimum absolute atomic E-state index is 0.252. The number of fused-ring (bicyclic) bond motifs is 1. The van der Waals surface area contributed by atoms with Crippen molar-refractivity contribution in [1.82, 2.24) is 10.2 Å². The van der Waals surface area contributed by atoms with E-state index in [9.17, 15) is 9.18 Å². The van der Waals surface area contributed by atoms with E-state index in [2.05, 4.69) is 31.4 Å². The number of halogens is 2. The van der Waals surface area contributed by atoms with E-state index in [1.54, 1.807) is 18.3 Å². The molecule has 6 heteroatoms. The maximum absolute atomic E-state index is 13.4. The molecule has 0 radical (unpaired) electrons. The van der Waals surface area contributed by atoms with Crippen molar-refractivity contribution in [3.05, 3.63) is 58.4 Å². The van der Waals surface area contributed by atoms with Crippen LogP contribution in [0.4, 0.5) is 10.1 Å². The number of benzene rings is 2. The van der Waals surface area contributed by atoms with Gasteiger partial charge in [-0.05, 0) is 40.2 Å². The number of anilines is 1. The summed E-state index contributed by atoms with van der Waals surface area (Å²) in [5.74, 6) is -0.851. The summed E-state index contributed by atoms with van der Waals surface area (Å²) in [6.07, 6.45) is 1.67. The molecule has 4 nitrogen and oxygen atoms in total.